The van der Waals surface area contributed by atoms with E-state index >= 15 is 0 Å². The first kappa shape index (κ1) is 8.02. The minimum Gasteiger partial charge on any atom is -0.384 e. The molecule has 1 aliphatic carbocycles. The standard InChI is InChI=1S/C8H17NO/c1-10-6-7-4-2-3-5-8(7)9/h7-8H,2-6,9H2,1H3/t7-,8+/m0/s1. The lowest BCUT2D eigenvalue weighted by molar-refractivity contribution is 0.119. The molecule has 0 saturated heterocycles. The summed E-state index contributed by atoms with van der Waals surface area (Å²) >= 11 is 0. The average molecular weight is 143 g/mol. The van der Waals surface area contributed by atoms with Gasteiger partial charge >= 0.3 is 0 Å². The van der Waals surface area contributed by atoms with Crippen molar-refractivity contribution in [3.8, 4) is 0 Å². The summed E-state index contributed by atoms with van der Waals surface area (Å²) in [6.07, 6.45) is 5.09. The maximum Gasteiger partial charge on any atom is 0.0505 e. The summed E-state index contributed by atoms with van der Waals surface area (Å²) in [5, 5.41) is 0. The average Bonchev–Trinajstić information content (AvgIpc) is 1.94. The molecule has 0 radical (unpaired) electrons. The van der Waals surface area contributed by atoms with Gasteiger partial charge in [0.2, 0.25) is 0 Å². The lowest BCUT2D eigenvalue weighted by Gasteiger charge is -2.27. The molecule has 2 heteroatoms. The summed E-state index contributed by atoms with van der Waals surface area (Å²) in [5.74, 6) is 0.624. The molecule has 60 valence electrons. The molecule has 0 spiro atoms. The summed E-state index contributed by atoms with van der Waals surface area (Å²) in [7, 11) is 1.75. The van der Waals surface area contributed by atoms with Crippen LogP contribution in [0, 0.1) is 5.92 Å². The van der Waals surface area contributed by atoms with Crippen molar-refractivity contribution in [3.63, 3.8) is 0 Å². The van der Waals surface area contributed by atoms with Crippen molar-refractivity contribution >= 4 is 0 Å². The summed E-state index contributed by atoms with van der Waals surface area (Å²) < 4.78 is 5.07. The number of methoxy groups -OCH3 is 1. The van der Waals surface area contributed by atoms with Gasteiger partial charge in [0.1, 0.15) is 0 Å². The van der Waals surface area contributed by atoms with Crippen LogP contribution in [-0.4, -0.2) is 19.8 Å². The minimum absolute atomic E-state index is 0.397. The van der Waals surface area contributed by atoms with Crippen molar-refractivity contribution in [2.75, 3.05) is 13.7 Å². The van der Waals surface area contributed by atoms with Gasteiger partial charge < -0.3 is 10.5 Å². The Bertz CT molecular complexity index is 93.3. The molecule has 0 bridgehead atoms. The van der Waals surface area contributed by atoms with E-state index in [1.165, 1.54) is 25.7 Å². The molecule has 1 rings (SSSR count). The van der Waals surface area contributed by atoms with Gasteiger partial charge in [-0.05, 0) is 18.8 Å². The zero-order chi connectivity index (χ0) is 7.40. The molecule has 0 aromatic carbocycles. The smallest absolute Gasteiger partial charge is 0.0505 e. The zero-order valence-corrected chi connectivity index (χ0v) is 6.68. The van der Waals surface area contributed by atoms with E-state index in [1.807, 2.05) is 0 Å². The highest BCUT2D eigenvalue weighted by atomic mass is 16.5. The van der Waals surface area contributed by atoms with Gasteiger partial charge in [0, 0.05) is 13.2 Å². The topological polar surface area (TPSA) is 35.2 Å². The molecule has 10 heavy (non-hydrogen) atoms. The maximum absolute atomic E-state index is 5.89. The fourth-order valence-electron chi connectivity index (χ4n) is 1.66. The number of rotatable bonds is 2. The van der Waals surface area contributed by atoms with Crippen molar-refractivity contribution in [1.29, 1.82) is 0 Å². The fourth-order valence-corrected chi connectivity index (χ4v) is 1.66. The molecule has 0 aliphatic heterocycles. The molecular weight excluding hydrogens is 126 g/mol. The quantitative estimate of drug-likeness (QED) is 0.629. The Morgan fingerprint density at radius 2 is 2.10 bits per heavy atom. The molecular formula is C8H17NO. The second-order valence-corrected chi connectivity index (χ2v) is 3.16. The first-order valence-electron chi connectivity index (χ1n) is 4.09. The van der Waals surface area contributed by atoms with Crippen molar-refractivity contribution in [1.82, 2.24) is 0 Å². The molecule has 2 N–H and O–H groups in total. The van der Waals surface area contributed by atoms with E-state index < -0.39 is 0 Å². The van der Waals surface area contributed by atoms with Gasteiger partial charge in [-0.2, -0.15) is 0 Å². The number of ether oxygens (including phenoxy) is 1. The van der Waals surface area contributed by atoms with Gasteiger partial charge in [0.05, 0.1) is 6.61 Å². The van der Waals surface area contributed by atoms with Crippen LogP contribution in [0.5, 0.6) is 0 Å². The summed E-state index contributed by atoms with van der Waals surface area (Å²) in [5.41, 5.74) is 5.89. The van der Waals surface area contributed by atoms with Crippen LogP contribution in [-0.2, 0) is 4.74 Å². The summed E-state index contributed by atoms with van der Waals surface area (Å²) in [6, 6.07) is 0.397. The van der Waals surface area contributed by atoms with Gasteiger partial charge in [0.25, 0.3) is 0 Å². The van der Waals surface area contributed by atoms with Gasteiger partial charge in [-0.25, -0.2) is 0 Å². The molecule has 0 heterocycles. The largest absolute Gasteiger partial charge is 0.384 e. The Labute approximate surface area is 62.7 Å². The molecule has 0 amide bonds. The Morgan fingerprint density at radius 1 is 1.40 bits per heavy atom. The first-order chi connectivity index (χ1) is 4.84. The second-order valence-electron chi connectivity index (χ2n) is 3.16. The van der Waals surface area contributed by atoms with E-state index in [4.69, 9.17) is 10.5 Å². The highest BCUT2D eigenvalue weighted by Crippen LogP contribution is 2.22. The highest BCUT2D eigenvalue weighted by Gasteiger charge is 2.20. The van der Waals surface area contributed by atoms with Gasteiger partial charge in [-0.3, -0.25) is 0 Å². The SMILES string of the molecule is COC[C@@H]1CCCC[C@H]1N. The maximum atomic E-state index is 5.89. The van der Waals surface area contributed by atoms with Crippen molar-refractivity contribution < 1.29 is 4.74 Å². The predicted molar refractivity (Wildman–Crippen MR) is 41.8 cm³/mol. The van der Waals surface area contributed by atoms with Crippen LogP contribution in [0.1, 0.15) is 25.7 Å². The molecule has 1 saturated carbocycles. The fraction of sp³-hybridized carbons (Fsp3) is 1.00. The Morgan fingerprint density at radius 3 is 2.70 bits per heavy atom. The van der Waals surface area contributed by atoms with Gasteiger partial charge in [-0.1, -0.05) is 12.8 Å². The number of nitrogens with two attached hydrogens (primary N) is 1. The van der Waals surface area contributed by atoms with Crippen LogP contribution in [0.2, 0.25) is 0 Å². The van der Waals surface area contributed by atoms with Crippen LogP contribution in [0.25, 0.3) is 0 Å². The molecule has 1 aliphatic rings. The van der Waals surface area contributed by atoms with Gasteiger partial charge in [-0.15, -0.1) is 0 Å². The van der Waals surface area contributed by atoms with E-state index in [9.17, 15) is 0 Å². The van der Waals surface area contributed by atoms with Crippen LogP contribution < -0.4 is 5.73 Å². The molecule has 2 nitrogen and oxygen atoms in total. The second kappa shape index (κ2) is 3.94. The molecule has 0 unspecified atom stereocenters. The Kier molecular flexibility index (Phi) is 3.16. The third-order valence-corrected chi connectivity index (χ3v) is 2.35. The van der Waals surface area contributed by atoms with Crippen LogP contribution in [0.15, 0.2) is 0 Å². The molecule has 2 atom stereocenters. The number of hydrogen-bond donors (Lipinski definition) is 1. The first-order valence-corrected chi connectivity index (χ1v) is 4.09. The highest BCUT2D eigenvalue weighted by molar-refractivity contribution is 4.77. The Hall–Kier alpha value is -0.0800. The predicted octanol–water partition coefficient (Wildman–Crippen LogP) is 1.15. The lowest BCUT2D eigenvalue weighted by atomic mass is 9.86. The van der Waals surface area contributed by atoms with E-state index in [0.29, 0.717) is 12.0 Å². The van der Waals surface area contributed by atoms with Crippen LogP contribution in [0.3, 0.4) is 0 Å². The molecule has 1 fully saturated rings. The normalized spacial score (nSPS) is 34.2. The van der Waals surface area contributed by atoms with Crippen LogP contribution in [0.4, 0.5) is 0 Å². The lowest BCUT2D eigenvalue weighted by Crippen LogP contribution is -2.35. The van der Waals surface area contributed by atoms with Crippen molar-refractivity contribution in [2.24, 2.45) is 11.7 Å². The third kappa shape index (κ3) is 1.96. The summed E-state index contributed by atoms with van der Waals surface area (Å²) in [4.78, 5) is 0. The zero-order valence-electron chi connectivity index (χ0n) is 6.68. The Balaban J connectivity index is 2.25. The van der Waals surface area contributed by atoms with Crippen LogP contribution >= 0.6 is 0 Å². The molecule has 0 aromatic heterocycles. The van der Waals surface area contributed by atoms with Crippen molar-refractivity contribution in [2.45, 2.75) is 31.7 Å². The van der Waals surface area contributed by atoms with E-state index in [1.54, 1.807) is 7.11 Å². The van der Waals surface area contributed by atoms with Gasteiger partial charge in [0.15, 0.2) is 0 Å². The van der Waals surface area contributed by atoms with E-state index in [2.05, 4.69) is 0 Å². The third-order valence-electron chi connectivity index (χ3n) is 2.35. The monoisotopic (exact) mass is 143 g/mol. The van der Waals surface area contributed by atoms with E-state index in [0.717, 1.165) is 6.61 Å². The number of hydrogen-bond acceptors (Lipinski definition) is 2. The minimum atomic E-state index is 0.397. The van der Waals surface area contributed by atoms with Crippen molar-refractivity contribution in [3.05, 3.63) is 0 Å². The molecule has 0 aromatic rings. The summed E-state index contributed by atoms with van der Waals surface area (Å²) in [6.45, 7) is 0.848. The van der Waals surface area contributed by atoms with E-state index in [-0.39, 0.29) is 0 Å².